The molecular weight excluding hydrogens is 332 g/mol. The molecule has 0 heterocycles. The second-order valence-corrected chi connectivity index (χ2v) is 7.09. The van der Waals surface area contributed by atoms with Gasteiger partial charge in [-0.15, -0.1) is 0 Å². The molecule has 4 rings (SSSR count). The molecule has 0 unspecified atom stereocenters. The van der Waals surface area contributed by atoms with E-state index >= 15 is 0 Å². The Morgan fingerprint density at radius 2 is 1.63 bits per heavy atom. The van der Waals surface area contributed by atoms with E-state index in [-0.39, 0.29) is 5.78 Å². The molecule has 0 amide bonds. The Labute approximate surface area is 160 Å². The van der Waals surface area contributed by atoms with Crippen LogP contribution in [0.3, 0.4) is 0 Å². The summed E-state index contributed by atoms with van der Waals surface area (Å²) in [5.74, 6) is 1.72. The van der Waals surface area contributed by atoms with E-state index in [0.29, 0.717) is 0 Å². The van der Waals surface area contributed by atoms with Crippen LogP contribution in [0.4, 0.5) is 0 Å². The van der Waals surface area contributed by atoms with Crippen LogP contribution < -0.4 is 4.74 Å². The first-order valence-electron chi connectivity index (χ1n) is 9.28. The third-order valence-electron chi connectivity index (χ3n) is 4.98. The van der Waals surface area contributed by atoms with Crippen LogP contribution in [0.15, 0.2) is 72.3 Å². The van der Waals surface area contributed by atoms with Crippen molar-refractivity contribution in [1.82, 2.24) is 0 Å². The van der Waals surface area contributed by atoms with Crippen LogP contribution in [0.5, 0.6) is 11.5 Å². The summed E-state index contributed by atoms with van der Waals surface area (Å²) in [5, 5.41) is 0. The zero-order chi connectivity index (χ0) is 18.8. The number of ketones is 1. The fraction of sp³-hybridized carbons (Fsp3) is 0.160. The van der Waals surface area contributed by atoms with Crippen molar-refractivity contribution >= 4 is 11.9 Å². The summed E-state index contributed by atoms with van der Waals surface area (Å²) in [6.45, 7) is 4.14. The van der Waals surface area contributed by atoms with Gasteiger partial charge in [-0.3, -0.25) is 4.79 Å². The fourth-order valence-corrected chi connectivity index (χ4v) is 3.71. The highest BCUT2D eigenvalue weighted by atomic mass is 16.5. The largest absolute Gasteiger partial charge is 0.457 e. The Hall–Kier alpha value is -3.13. The molecule has 0 fully saturated rings. The number of Topliss-reactive ketones (excluding diaryl/α,β-unsaturated/α-hetero) is 1. The summed E-state index contributed by atoms with van der Waals surface area (Å²) < 4.78 is 5.91. The van der Waals surface area contributed by atoms with Gasteiger partial charge in [-0.1, -0.05) is 42.0 Å². The Morgan fingerprint density at radius 1 is 0.852 bits per heavy atom. The van der Waals surface area contributed by atoms with Crippen molar-refractivity contribution in [2.24, 2.45) is 0 Å². The number of para-hydroxylation sites is 1. The Bertz CT molecular complexity index is 1030. The van der Waals surface area contributed by atoms with E-state index in [0.717, 1.165) is 46.6 Å². The molecule has 1 aliphatic carbocycles. The summed E-state index contributed by atoms with van der Waals surface area (Å²) in [4.78, 5) is 13.0. The van der Waals surface area contributed by atoms with Crippen LogP contribution in [0.1, 0.15) is 39.0 Å². The summed E-state index contributed by atoms with van der Waals surface area (Å²) in [5.41, 5.74) is 6.27. The van der Waals surface area contributed by atoms with E-state index in [4.69, 9.17) is 4.74 Å². The van der Waals surface area contributed by atoms with Gasteiger partial charge >= 0.3 is 0 Å². The number of carbonyl (C=O) groups excluding carboxylic acids is 1. The van der Waals surface area contributed by atoms with Crippen LogP contribution in [-0.2, 0) is 6.42 Å². The van der Waals surface area contributed by atoms with Gasteiger partial charge in [0, 0.05) is 11.1 Å². The number of aryl methyl sites for hydroxylation is 2. The van der Waals surface area contributed by atoms with Gasteiger partial charge < -0.3 is 4.74 Å². The Balaban J connectivity index is 1.62. The molecule has 3 aromatic rings. The highest BCUT2D eigenvalue weighted by Crippen LogP contribution is 2.30. The first-order chi connectivity index (χ1) is 13.1. The van der Waals surface area contributed by atoms with Crippen molar-refractivity contribution in [3.8, 4) is 11.5 Å². The number of fused-ring (bicyclic) bond motifs is 1. The average molecular weight is 354 g/mol. The maximum atomic E-state index is 13.0. The molecule has 27 heavy (non-hydrogen) atoms. The maximum Gasteiger partial charge on any atom is 0.189 e. The average Bonchev–Trinajstić information content (AvgIpc) is 2.65. The second-order valence-electron chi connectivity index (χ2n) is 7.09. The quantitative estimate of drug-likeness (QED) is 0.515. The smallest absolute Gasteiger partial charge is 0.189 e. The van der Waals surface area contributed by atoms with Crippen molar-refractivity contribution in [2.45, 2.75) is 26.7 Å². The minimum absolute atomic E-state index is 0.150. The molecule has 3 aromatic carbocycles. The van der Waals surface area contributed by atoms with Crippen molar-refractivity contribution in [1.29, 1.82) is 0 Å². The molecule has 1 aliphatic rings. The van der Waals surface area contributed by atoms with Gasteiger partial charge in [0.2, 0.25) is 0 Å². The summed E-state index contributed by atoms with van der Waals surface area (Å²) in [6, 6.07) is 21.8. The topological polar surface area (TPSA) is 26.3 Å². The van der Waals surface area contributed by atoms with Crippen LogP contribution in [-0.4, -0.2) is 5.78 Å². The van der Waals surface area contributed by atoms with E-state index in [2.05, 4.69) is 13.0 Å². The van der Waals surface area contributed by atoms with E-state index < -0.39 is 0 Å². The van der Waals surface area contributed by atoms with Gasteiger partial charge in [0.05, 0.1) is 0 Å². The predicted octanol–water partition coefficient (Wildman–Crippen LogP) is 6.31. The second kappa shape index (κ2) is 7.24. The molecular formula is C25H22O2. The van der Waals surface area contributed by atoms with Gasteiger partial charge in [-0.2, -0.15) is 0 Å². The van der Waals surface area contributed by atoms with Crippen molar-refractivity contribution < 1.29 is 9.53 Å². The van der Waals surface area contributed by atoms with Gasteiger partial charge in [0.15, 0.2) is 5.78 Å². The van der Waals surface area contributed by atoms with E-state index in [9.17, 15) is 4.79 Å². The Kier molecular flexibility index (Phi) is 4.64. The molecule has 0 atom stereocenters. The summed E-state index contributed by atoms with van der Waals surface area (Å²) in [7, 11) is 0. The molecule has 0 aliphatic heterocycles. The highest BCUT2D eigenvalue weighted by molar-refractivity contribution is 6.13. The number of carbonyl (C=O) groups is 1. The number of hydrogen-bond acceptors (Lipinski definition) is 2. The Morgan fingerprint density at radius 3 is 2.44 bits per heavy atom. The lowest BCUT2D eigenvalue weighted by atomic mass is 9.83. The van der Waals surface area contributed by atoms with Crippen LogP contribution in [0.2, 0.25) is 0 Å². The lowest BCUT2D eigenvalue weighted by molar-refractivity contribution is 0.102. The van der Waals surface area contributed by atoms with E-state index in [1.165, 1.54) is 11.1 Å². The van der Waals surface area contributed by atoms with E-state index in [1.807, 2.05) is 73.7 Å². The van der Waals surface area contributed by atoms with Crippen molar-refractivity contribution in [2.75, 3.05) is 0 Å². The molecule has 0 aromatic heterocycles. The van der Waals surface area contributed by atoms with E-state index in [1.54, 1.807) is 0 Å². The molecule has 0 radical (unpaired) electrons. The minimum Gasteiger partial charge on any atom is -0.457 e. The van der Waals surface area contributed by atoms with Gasteiger partial charge in [-0.05, 0) is 79.8 Å². The summed E-state index contributed by atoms with van der Waals surface area (Å²) in [6.07, 6.45) is 3.69. The molecule has 2 nitrogen and oxygen atoms in total. The standard InChI is InChI=1S/C25H22O2/c1-17-13-18(2)23-12-11-20(25(26)24(23)14-17)15-19-7-6-10-22(16-19)27-21-8-4-3-5-9-21/h3-10,13-16H,11-12H2,1-2H3/b20-15+. The minimum atomic E-state index is 0.150. The normalized spacial score (nSPS) is 14.9. The van der Waals surface area contributed by atoms with Gasteiger partial charge in [0.1, 0.15) is 11.5 Å². The SMILES string of the molecule is Cc1cc(C)c2c(c1)C(=O)/C(=C/c1cccc(Oc3ccccc3)c1)CC2. The number of rotatable bonds is 3. The van der Waals surface area contributed by atoms with Crippen molar-refractivity contribution in [3.63, 3.8) is 0 Å². The van der Waals surface area contributed by atoms with Gasteiger partial charge in [-0.25, -0.2) is 0 Å². The van der Waals surface area contributed by atoms with Gasteiger partial charge in [0.25, 0.3) is 0 Å². The van der Waals surface area contributed by atoms with Crippen LogP contribution in [0, 0.1) is 13.8 Å². The molecule has 2 heteroatoms. The maximum absolute atomic E-state index is 13.0. The molecule has 0 saturated heterocycles. The first-order valence-corrected chi connectivity index (χ1v) is 9.28. The van der Waals surface area contributed by atoms with Crippen molar-refractivity contribution in [3.05, 3.63) is 100 Å². The fourth-order valence-electron chi connectivity index (χ4n) is 3.71. The molecule has 0 saturated carbocycles. The third kappa shape index (κ3) is 3.70. The molecule has 134 valence electrons. The van der Waals surface area contributed by atoms with Crippen LogP contribution in [0.25, 0.3) is 6.08 Å². The van der Waals surface area contributed by atoms with Crippen LogP contribution >= 0.6 is 0 Å². The first kappa shape index (κ1) is 17.3. The lowest BCUT2D eigenvalue weighted by Crippen LogP contribution is -2.15. The highest BCUT2D eigenvalue weighted by Gasteiger charge is 2.23. The summed E-state index contributed by atoms with van der Waals surface area (Å²) >= 11 is 0. The number of benzene rings is 3. The zero-order valence-electron chi connectivity index (χ0n) is 15.7. The molecule has 0 N–H and O–H groups in total. The molecule has 0 spiro atoms. The monoisotopic (exact) mass is 354 g/mol. The number of allylic oxidation sites excluding steroid dienone is 1. The molecule has 0 bridgehead atoms. The predicted molar refractivity (Wildman–Crippen MR) is 110 cm³/mol. The lowest BCUT2D eigenvalue weighted by Gasteiger charge is -2.20. The number of ether oxygens (including phenoxy) is 1. The third-order valence-corrected chi connectivity index (χ3v) is 4.98. The number of hydrogen-bond donors (Lipinski definition) is 0. The zero-order valence-corrected chi connectivity index (χ0v) is 15.7.